The lowest BCUT2D eigenvalue weighted by Gasteiger charge is -2.04. The molecule has 1 fully saturated rings. The second-order valence-electron chi connectivity index (χ2n) is 5.12. The van der Waals surface area contributed by atoms with E-state index in [1.165, 1.54) is 12.1 Å². The van der Waals surface area contributed by atoms with Gasteiger partial charge in [-0.1, -0.05) is 35.3 Å². The number of halogens is 2. The van der Waals surface area contributed by atoms with Gasteiger partial charge in [0.2, 0.25) is 0 Å². The average Bonchev–Trinajstić information content (AvgIpc) is 3.12. The molecule has 1 aliphatic rings. The van der Waals surface area contributed by atoms with Crippen LogP contribution >= 0.6 is 23.2 Å². The molecule has 0 saturated heterocycles. The molecule has 110 valence electrons. The Bertz CT molecular complexity index is 775. The zero-order valence-corrected chi connectivity index (χ0v) is 13.2. The predicted molar refractivity (Wildman–Crippen MR) is 84.6 cm³/mol. The van der Waals surface area contributed by atoms with Gasteiger partial charge in [-0.2, -0.15) is 0 Å². The summed E-state index contributed by atoms with van der Waals surface area (Å²) < 4.78 is 25.3. The summed E-state index contributed by atoms with van der Waals surface area (Å²) in [4.78, 5) is 0.247. The van der Waals surface area contributed by atoms with E-state index in [9.17, 15) is 8.42 Å². The first-order valence-electron chi connectivity index (χ1n) is 6.42. The van der Waals surface area contributed by atoms with Crippen LogP contribution in [0.2, 0.25) is 10.0 Å². The lowest BCUT2D eigenvalue weighted by atomic mass is 10.1. The lowest BCUT2D eigenvalue weighted by molar-refractivity contribution is 0.593. The quantitative estimate of drug-likeness (QED) is 0.931. The van der Waals surface area contributed by atoms with E-state index in [0.29, 0.717) is 10.0 Å². The number of rotatable bonds is 3. The molecule has 0 unspecified atom stereocenters. The molecular formula is C15H13Cl2NO2S. The molecule has 0 spiro atoms. The maximum Gasteiger partial charge on any atom is 0.183 e. The Hall–Kier alpha value is -1.07. The minimum Gasteiger partial charge on any atom is -0.326 e. The summed E-state index contributed by atoms with van der Waals surface area (Å²) in [5.74, 6) is -0.218. The van der Waals surface area contributed by atoms with Gasteiger partial charge >= 0.3 is 0 Å². The highest BCUT2D eigenvalue weighted by atomic mass is 35.5. The Kier molecular flexibility index (Phi) is 3.74. The van der Waals surface area contributed by atoms with Crippen LogP contribution < -0.4 is 5.73 Å². The van der Waals surface area contributed by atoms with E-state index >= 15 is 0 Å². The van der Waals surface area contributed by atoms with E-state index in [1.54, 1.807) is 30.3 Å². The van der Waals surface area contributed by atoms with E-state index in [-0.39, 0.29) is 10.8 Å². The number of hydrogen-bond donors (Lipinski definition) is 1. The van der Waals surface area contributed by atoms with Crippen LogP contribution in [0, 0.1) is 0 Å². The van der Waals surface area contributed by atoms with Crippen LogP contribution in [0.15, 0.2) is 53.4 Å². The zero-order valence-electron chi connectivity index (χ0n) is 10.9. The summed E-state index contributed by atoms with van der Waals surface area (Å²) >= 11 is 11.7. The lowest BCUT2D eigenvalue weighted by Crippen LogP contribution is -2.15. The summed E-state index contributed by atoms with van der Waals surface area (Å²) in [7, 11) is -3.47. The summed E-state index contributed by atoms with van der Waals surface area (Å²) in [6.45, 7) is 0. The van der Waals surface area contributed by atoms with Crippen molar-refractivity contribution >= 4 is 33.0 Å². The normalized spacial score (nSPS) is 24.8. The molecule has 1 saturated carbocycles. The molecular weight excluding hydrogens is 329 g/mol. The minimum absolute atomic E-state index is 0.218. The molecule has 3 nitrogen and oxygen atoms in total. The smallest absolute Gasteiger partial charge is 0.183 e. The molecule has 0 heterocycles. The van der Waals surface area contributed by atoms with Gasteiger partial charge in [-0.15, -0.1) is 0 Å². The maximum atomic E-state index is 12.6. The first-order valence-corrected chi connectivity index (χ1v) is 8.72. The van der Waals surface area contributed by atoms with Crippen molar-refractivity contribution in [2.45, 2.75) is 22.1 Å². The number of hydrogen-bond acceptors (Lipinski definition) is 3. The van der Waals surface area contributed by atoms with Gasteiger partial charge in [-0.25, -0.2) is 8.42 Å². The monoisotopic (exact) mass is 341 g/mol. The second kappa shape index (κ2) is 5.29. The zero-order chi connectivity index (χ0) is 15.2. The van der Waals surface area contributed by atoms with E-state index in [2.05, 4.69) is 0 Å². The second-order valence-corrected chi connectivity index (χ2v) is 8.10. The van der Waals surface area contributed by atoms with E-state index in [0.717, 1.165) is 5.56 Å². The highest BCUT2D eigenvalue weighted by Crippen LogP contribution is 2.47. The van der Waals surface area contributed by atoms with Gasteiger partial charge < -0.3 is 5.73 Å². The summed E-state index contributed by atoms with van der Waals surface area (Å²) in [5, 5.41) is 0.465. The summed E-state index contributed by atoms with van der Waals surface area (Å²) in [6, 6.07) is 12.9. The van der Waals surface area contributed by atoms with Crippen molar-refractivity contribution in [1.82, 2.24) is 0 Å². The van der Waals surface area contributed by atoms with Crippen molar-refractivity contribution in [1.29, 1.82) is 0 Å². The molecule has 21 heavy (non-hydrogen) atoms. The highest BCUT2D eigenvalue weighted by molar-refractivity contribution is 7.92. The fourth-order valence-electron chi connectivity index (χ4n) is 2.61. The summed E-state index contributed by atoms with van der Waals surface area (Å²) in [6.07, 6.45) is 0. The van der Waals surface area contributed by atoms with Crippen molar-refractivity contribution in [3.63, 3.8) is 0 Å². The SMILES string of the molecule is N[C@@H]1[C@@H](c2cccc(Cl)c2)[C@H]1S(=O)(=O)c1ccc(Cl)cc1. The van der Waals surface area contributed by atoms with Crippen LogP contribution in [0.1, 0.15) is 11.5 Å². The first kappa shape index (κ1) is 14.9. The molecule has 2 aromatic carbocycles. The molecule has 3 atom stereocenters. The van der Waals surface area contributed by atoms with Gasteiger partial charge in [0.1, 0.15) is 0 Å². The van der Waals surface area contributed by atoms with Gasteiger partial charge in [0.15, 0.2) is 9.84 Å². The fourth-order valence-corrected chi connectivity index (χ4v) is 4.98. The third-order valence-corrected chi connectivity index (χ3v) is 6.48. The maximum absolute atomic E-state index is 12.6. The van der Waals surface area contributed by atoms with E-state index in [4.69, 9.17) is 28.9 Å². The molecule has 0 bridgehead atoms. The van der Waals surface area contributed by atoms with Crippen LogP contribution in [-0.2, 0) is 9.84 Å². The minimum atomic E-state index is -3.47. The van der Waals surface area contributed by atoms with Crippen molar-refractivity contribution in [2.24, 2.45) is 5.73 Å². The molecule has 0 amide bonds. The molecule has 2 aromatic rings. The Morgan fingerprint density at radius 1 is 0.952 bits per heavy atom. The largest absolute Gasteiger partial charge is 0.326 e. The Morgan fingerprint density at radius 2 is 1.62 bits per heavy atom. The Morgan fingerprint density at radius 3 is 2.24 bits per heavy atom. The molecule has 1 aliphatic carbocycles. The van der Waals surface area contributed by atoms with Gasteiger partial charge in [-0.05, 0) is 42.0 Å². The topological polar surface area (TPSA) is 60.2 Å². The van der Waals surface area contributed by atoms with Gasteiger partial charge in [-0.3, -0.25) is 0 Å². The molecule has 3 rings (SSSR count). The molecule has 6 heteroatoms. The van der Waals surface area contributed by atoms with Gasteiger partial charge in [0.05, 0.1) is 10.1 Å². The number of benzene rings is 2. The Balaban J connectivity index is 1.93. The standard InChI is InChI=1S/C15H13Cl2NO2S/c16-10-4-6-12(7-5-10)21(19,20)15-13(14(15)18)9-2-1-3-11(17)8-9/h1-8,13-15H,18H2/t13-,14-,15-/m1/s1. The molecule has 0 radical (unpaired) electrons. The average molecular weight is 342 g/mol. The number of sulfone groups is 1. The van der Waals surface area contributed by atoms with Crippen molar-refractivity contribution in [3.8, 4) is 0 Å². The van der Waals surface area contributed by atoms with E-state index < -0.39 is 21.1 Å². The van der Waals surface area contributed by atoms with Crippen LogP contribution in [0.5, 0.6) is 0 Å². The highest BCUT2D eigenvalue weighted by Gasteiger charge is 2.57. The van der Waals surface area contributed by atoms with Gasteiger partial charge in [0, 0.05) is 22.0 Å². The van der Waals surface area contributed by atoms with Crippen molar-refractivity contribution in [2.75, 3.05) is 0 Å². The first-order chi connectivity index (χ1) is 9.91. The van der Waals surface area contributed by atoms with E-state index in [1.807, 2.05) is 6.07 Å². The van der Waals surface area contributed by atoms with Crippen LogP contribution in [-0.4, -0.2) is 19.7 Å². The third kappa shape index (κ3) is 2.69. The summed E-state index contributed by atoms with van der Waals surface area (Å²) in [5.41, 5.74) is 6.86. The van der Waals surface area contributed by atoms with Crippen molar-refractivity contribution in [3.05, 3.63) is 64.1 Å². The van der Waals surface area contributed by atoms with Crippen LogP contribution in [0.25, 0.3) is 0 Å². The third-order valence-electron chi connectivity index (χ3n) is 3.74. The molecule has 0 aliphatic heterocycles. The Labute approximate surface area is 133 Å². The predicted octanol–water partition coefficient (Wildman–Crippen LogP) is 3.26. The van der Waals surface area contributed by atoms with Crippen LogP contribution in [0.4, 0.5) is 0 Å². The molecule has 0 aromatic heterocycles. The van der Waals surface area contributed by atoms with Gasteiger partial charge in [0.25, 0.3) is 0 Å². The fraction of sp³-hybridized carbons (Fsp3) is 0.200. The molecule has 2 N–H and O–H groups in total. The number of nitrogens with two attached hydrogens (primary N) is 1. The van der Waals surface area contributed by atoms with Crippen molar-refractivity contribution < 1.29 is 8.42 Å². The van der Waals surface area contributed by atoms with Crippen LogP contribution in [0.3, 0.4) is 0 Å².